The Bertz CT molecular complexity index is 1980. The minimum atomic E-state index is -4.57. The van der Waals surface area contributed by atoms with Crippen molar-refractivity contribution >= 4 is 33.5 Å². The molecule has 4 aromatic rings. The lowest BCUT2D eigenvalue weighted by Crippen LogP contribution is -2.61. The molecule has 8 rings (SSSR count). The maximum atomic E-state index is 14.0. The number of likely N-dealkylation sites (tertiary alicyclic amines) is 2. The van der Waals surface area contributed by atoms with Gasteiger partial charge in [-0.25, -0.2) is 0 Å². The lowest BCUT2D eigenvalue weighted by atomic mass is 9.72. The largest absolute Gasteiger partial charge is 0.481 e. The van der Waals surface area contributed by atoms with Crippen LogP contribution in [0.15, 0.2) is 37.1 Å². The zero-order valence-electron chi connectivity index (χ0n) is 29.9. The van der Waals surface area contributed by atoms with Crippen molar-refractivity contribution < 1.29 is 27.4 Å². The van der Waals surface area contributed by atoms with Crippen LogP contribution in [0.2, 0.25) is 0 Å². The van der Waals surface area contributed by atoms with Gasteiger partial charge in [0.2, 0.25) is 5.91 Å². The summed E-state index contributed by atoms with van der Waals surface area (Å²) in [6.07, 6.45) is 4.70. The predicted octanol–water partition coefficient (Wildman–Crippen LogP) is 7.17. The highest BCUT2D eigenvalue weighted by atomic mass is 19.4. The van der Waals surface area contributed by atoms with Gasteiger partial charge in [-0.15, -0.1) is 0 Å². The number of carbonyl (C=O) groups is 1. The molecule has 2 aromatic carbocycles. The highest BCUT2D eigenvalue weighted by Crippen LogP contribution is 2.54. The number of piperidine rings is 2. The van der Waals surface area contributed by atoms with E-state index in [1.165, 1.54) is 6.08 Å². The number of amides is 1. The van der Waals surface area contributed by atoms with E-state index in [0.717, 1.165) is 105 Å². The van der Waals surface area contributed by atoms with Gasteiger partial charge >= 0.3 is 12.2 Å². The normalized spacial score (nSPS) is 19.7. The number of hydrogen-bond donors (Lipinski definition) is 1. The number of benzene rings is 2. The third-order valence-electron chi connectivity index (χ3n) is 11.4. The van der Waals surface area contributed by atoms with Gasteiger partial charge in [0.25, 0.3) is 0 Å². The van der Waals surface area contributed by atoms with Crippen LogP contribution in [0.1, 0.15) is 68.9 Å². The number of fused-ring (bicyclic) bond motifs is 2. The number of ether oxygens (including phenoxy) is 2. The Kier molecular flexibility index (Phi) is 9.03. The smallest absolute Gasteiger partial charge is 0.422 e. The van der Waals surface area contributed by atoms with Crippen molar-refractivity contribution in [2.75, 3.05) is 57.3 Å². The predicted molar refractivity (Wildman–Crippen MR) is 194 cm³/mol. The number of H-pyrrole nitrogens is 1. The average Bonchev–Trinajstić information content (AvgIpc) is 3.85. The molecule has 0 bridgehead atoms. The Morgan fingerprint density at radius 3 is 2.48 bits per heavy atom. The fourth-order valence-corrected chi connectivity index (χ4v) is 8.52. The van der Waals surface area contributed by atoms with Crippen molar-refractivity contribution in [1.29, 1.82) is 0 Å². The second kappa shape index (κ2) is 13.5. The quantitative estimate of drug-likeness (QED) is 0.173. The molecule has 0 radical (unpaired) electrons. The van der Waals surface area contributed by atoms with Gasteiger partial charge in [0.15, 0.2) is 12.4 Å². The van der Waals surface area contributed by atoms with E-state index in [2.05, 4.69) is 39.6 Å². The van der Waals surface area contributed by atoms with E-state index in [0.29, 0.717) is 35.4 Å². The summed E-state index contributed by atoms with van der Waals surface area (Å²) in [6, 6.07) is 6.15. The molecule has 1 saturated carbocycles. The van der Waals surface area contributed by atoms with Crippen LogP contribution < -0.4 is 14.4 Å². The van der Waals surface area contributed by atoms with E-state index in [9.17, 15) is 18.0 Å². The number of aryl methyl sites for hydroxylation is 1. The second-order valence-electron chi connectivity index (χ2n) is 15.2. The molecule has 1 aliphatic carbocycles. The van der Waals surface area contributed by atoms with E-state index < -0.39 is 12.8 Å². The second-order valence-corrected chi connectivity index (χ2v) is 15.2. The molecule has 10 nitrogen and oxygen atoms in total. The summed E-state index contributed by atoms with van der Waals surface area (Å²) >= 11 is 0. The van der Waals surface area contributed by atoms with E-state index in [4.69, 9.17) is 19.4 Å². The maximum Gasteiger partial charge on any atom is 0.422 e. The zero-order valence-corrected chi connectivity index (χ0v) is 29.9. The summed E-state index contributed by atoms with van der Waals surface area (Å²) in [5.74, 6) is 0.875. The molecule has 3 saturated heterocycles. The maximum absolute atomic E-state index is 14.0. The molecule has 0 unspecified atom stereocenters. The van der Waals surface area contributed by atoms with Gasteiger partial charge < -0.3 is 24.2 Å². The number of carbonyl (C=O) groups excluding carboxylic acids is 1. The van der Waals surface area contributed by atoms with Gasteiger partial charge in [-0.05, 0) is 99.2 Å². The van der Waals surface area contributed by atoms with E-state index >= 15 is 0 Å². The summed E-state index contributed by atoms with van der Waals surface area (Å²) in [4.78, 5) is 28.7. The first-order chi connectivity index (χ1) is 25.0. The number of alkyl halides is 3. The number of halogens is 3. The van der Waals surface area contributed by atoms with Crippen molar-refractivity contribution in [1.82, 2.24) is 30.0 Å². The van der Waals surface area contributed by atoms with Crippen LogP contribution in [-0.2, 0) is 4.79 Å². The molecule has 2 aromatic heterocycles. The number of aromatic amines is 1. The average molecular weight is 718 g/mol. The Hall–Kier alpha value is -4.39. The lowest BCUT2D eigenvalue weighted by molar-refractivity contribution is -0.153. The van der Waals surface area contributed by atoms with Crippen LogP contribution in [0.5, 0.6) is 11.8 Å². The SMILES string of the molecule is C=CC(=O)N1CCC2(CC1)CN(c1nc(OC3CCN(CCC)CC3)nc3c(OCC(F)(F)F)c(-c4c(C)ccc5[nH]ncc45)c(C4CC4)cc13)C2. The molecule has 0 atom stereocenters. The number of hydrogen-bond acceptors (Lipinski definition) is 8. The molecular formula is C39H46F3N7O3. The van der Waals surface area contributed by atoms with Gasteiger partial charge in [0, 0.05) is 61.0 Å². The van der Waals surface area contributed by atoms with Gasteiger partial charge in [-0.2, -0.15) is 28.2 Å². The van der Waals surface area contributed by atoms with Crippen molar-refractivity contribution in [3.8, 4) is 22.9 Å². The Balaban J connectivity index is 1.26. The minimum absolute atomic E-state index is 0.0191. The van der Waals surface area contributed by atoms with Crippen molar-refractivity contribution in [3.63, 3.8) is 0 Å². The Morgan fingerprint density at radius 1 is 1.06 bits per heavy atom. The minimum Gasteiger partial charge on any atom is -0.481 e. The van der Waals surface area contributed by atoms with Crippen molar-refractivity contribution in [2.24, 2.45) is 5.41 Å². The third-order valence-corrected chi connectivity index (χ3v) is 11.4. The van der Waals surface area contributed by atoms with Crippen molar-refractivity contribution in [2.45, 2.75) is 77.0 Å². The molecular weight excluding hydrogens is 671 g/mol. The fraction of sp³-hybridized carbons (Fsp3) is 0.538. The van der Waals surface area contributed by atoms with Gasteiger partial charge in [-0.3, -0.25) is 9.89 Å². The highest BCUT2D eigenvalue weighted by molar-refractivity contribution is 6.06. The van der Waals surface area contributed by atoms with Crippen LogP contribution in [0, 0.1) is 12.3 Å². The molecule has 1 spiro atoms. The summed E-state index contributed by atoms with van der Waals surface area (Å²) in [7, 11) is 0. The first kappa shape index (κ1) is 34.7. The monoisotopic (exact) mass is 717 g/mol. The molecule has 276 valence electrons. The summed E-state index contributed by atoms with van der Waals surface area (Å²) < 4.78 is 54.6. The third kappa shape index (κ3) is 6.68. The van der Waals surface area contributed by atoms with Gasteiger partial charge in [0.05, 0.1) is 11.7 Å². The molecule has 1 amide bonds. The zero-order chi connectivity index (χ0) is 36.2. The highest BCUT2D eigenvalue weighted by Gasteiger charge is 2.47. The molecule has 4 aliphatic rings. The number of aromatic nitrogens is 4. The van der Waals surface area contributed by atoms with Crippen LogP contribution in [0.25, 0.3) is 32.9 Å². The number of nitrogens with zero attached hydrogens (tertiary/aromatic N) is 6. The van der Waals surface area contributed by atoms with E-state index in [1.807, 2.05) is 24.0 Å². The van der Waals surface area contributed by atoms with E-state index in [-0.39, 0.29) is 35.1 Å². The fourth-order valence-electron chi connectivity index (χ4n) is 8.52. The first-order valence-electron chi connectivity index (χ1n) is 18.6. The lowest BCUT2D eigenvalue weighted by Gasteiger charge is -2.54. The molecule has 3 aliphatic heterocycles. The van der Waals surface area contributed by atoms with Gasteiger partial charge in [-0.1, -0.05) is 19.6 Å². The standard InChI is InChI=1S/C39H46F3N7O3/c1-4-14-47-15-10-26(11-16-47)52-37-44-34-28(36(45-37)49-21-38(22-49)12-17-48(18-13-38)31(50)5-2)19-27(25-7-8-25)33(35(34)51-23-39(40,41)42)32-24(3)6-9-30-29(32)20-43-46-30/h5-6,9,19-20,25-26H,2,4,7-8,10-18,21-23H2,1,3H3,(H,43,46). The number of rotatable bonds is 10. The van der Waals surface area contributed by atoms with Crippen molar-refractivity contribution in [3.05, 3.63) is 48.2 Å². The molecule has 52 heavy (non-hydrogen) atoms. The van der Waals surface area contributed by atoms with Crippen LogP contribution >= 0.6 is 0 Å². The number of nitrogens with one attached hydrogen (secondary N) is 1. The summed E-state index contributed by atoms with van der Waals surface area (Å²) in [5, 5.41) is 8.79. The molecule has 1 N–H and O–H groups in total. The molecule has 13 heteroatoms. The number of anilines is 1. The van der Waals surface area contributed by atoms with E-state index in [1.54, 1.807) is 6.20 Å². The van der Waals surface area contributed by atoms with Crippen LogP contribution in [0.3, 0.4) is 0 Å². The summed E-state index contributed by atoms with van der Waals surface area (Å²) in [5.41, 5.74) is 4.40. The topological polar surface area (TPSA) is 99.7 Å². The Labute approximate surface area is 301 Å². The molecule has 4 fully saturated rings. The van der Waals surface area contributed by atoms with Crippen LogP contribution in [-0.4, -0.2) is 101 Å². The van der Waals surface area contributed by atoms with Gasteiger partial charge in [0.1, 0.15) is 17.4 Å². The molecule has 5 heterocycles. The van der Waals surface area contributed by atoms with Crippen LogP contribution in [0.4, 0.5) is 19.0 Å². The summed E-state index contributed by atoms with van der Waals surface area (Å²) in [6.45, 7) is 11.9. The Morgan fingerprint density at radius 2 is 1.81 bits per heavy atom. The first-order valence-corrected chi connectivity index (χ1v) is 18.6.